The molecule has 0 heterocycles. The Morgan fingerprint density at radius 1 is 1.78 bits per heavy atom. The quantitative estimate of drug-likeness (QED) is 0.397. The van der Waals surface area contributed by atoms with Gasteiger partial charge < -0.3 is 9.16 Å². The largest absolute Gasteiger partial charge is 0.425 e. The highest BCUT2D eigenvalue weighted by molar-refractivity contribution is 5.97. The molecule has 0 fully saturated rings. The first-order valence-corrected chi connectivity index (χ1v) is 3.79. The van der Waals surface area contributed by atoms with E-state index < -0.39 is 0 Å². The molecule has 0 aromatic carbocycles. The predicted molar refractivity (Wildman–Crippen MR) is 41.5 cm³/mol. The molecule has 0 aliphatic heterocycles. The molecule has 2 nitrogen and oxygen atoms in total. The lowest BCUT2D eigenvalue weighted by molar-refractivity contribution is 0.0636. The minimum atomic E-state index is 0.208. The lowest BCUT2D eigenvalue weighted by atomic mass is 10.3. The molecule has 0 spiro atoms. The van der Waals surface area contributed by atoms with E-state index in [0.29, 0.717) is 6.61 Å². The smallest absolute Gasteiger partial charge is 0.146 e. The summed E-state index contributed by atoms with van der Waals surface area (Å²) in [6.45, 7) is 4.31. The topological polar surface area (TPSA) is 18.5 Å². The zero-order chi connectivity index (χ0) is 7.11. The molecule has 0 radical (unpaired) electrons. The van der Waals surface area contributed by atoms with Crippen molar-refractivity contribution in [2.45, 2.75) is 12.5 Å². The monoisotopic (exact) mass is 146 g/mol. The van der Waals surface area contributed by atoms with Crippen molar-refractivity contribution in [3.63, 3.8) is 0 Å². The Morgan fingerprint density at radius 3 is 2.78 bits per heavy atom. The number of rotatable bonds is 5. The third-order valence-electron chi connectivity index (χ3n) is 1.12. The van der Waals surface area contributed by atoms with Crippen LogP contribution in [0.1, 0.15) is 6.42 Å². The molecule has 3 heteroatoms. The van der Waals surface area contributed by atoms with Crippen molar-refractivity contribution in [2.24, 2.45) is 0 Å². The minimum absolute atomic E-state index is 0.208. The molecule has 0 bridgehead atoms. The molecule has 1 unspecified atom stereocenters. The molecule has 0 aromatic heterocycles. The summed E-state index contributed by atoms with van der Waals surface area (Å²) < 4.78 is 10.1. The lowest BCUT2D eigenvalue weighted by Crippen LogP contribution is -2.16. The highest BCUT2D eigenvalue weighted by Gasteiger charge is 2.01. The molecular formula is C6H14O2Si. The zero-order valence-corrected chi connectivity index (χ0v) is 8.09. The molecular weight excluding hydrogens is 132 g/mol. The van der Waals surface area contributed by atoms with Crippen molar-refractivity contribution in [3.8, 4) is 0 Å². The van der Waals surface area contributed by atoms with Gasteiger partial charge in [-0.05, 0) is 6.42 Å². The van der Waals surface area contributed by atoms with Crippen molar-refractivity contribution in [2.75, 3.05) is 13.7 Å². The Bertz CT molecular complexity index is 75.5. The fraction of sp³-hybridized carbons (Fsp3) is 0.667. The van der Waals surface area contributed by atoms with Gasteiger partial charge in [-0.3, -0.25) is 0 Å². The molecule has 0 rings (SSSR count). The number of hydrogen-bond acceptors (Lipinski definition) is 2. The van der Waals surface area contributed by atoms with Crippen LogP contribution >= 0.6 is 0 Å². The molecule has 0 saturated carbocycles. The van der Waals surface area contributed by atoms with Gasteiger partial charge in [0.25, 0.3) is 0 Å². The molecule has 0 aromatic rings. The van der Waals surface area contributed by atoms with Crippen LogP contribution in [0, 0.1) is 0 Å². The minimum Gasteiger partial charge on any atom is -0.425 e. The van der Waals surface area contributed by atoms with Crippen molar-refractivity contribution in [3.05, 3.63) is 12.7 Å². The standard InChI is InChI=1S/C6H14O2Si/c1-3-4-6(7-2)5-8-9/h3,6H,1,4-5H2,2,9H3. The van der Waals surface area contributed by atoms with Gasteiger partial charge in [0.15, 0.2) is 0 Å². The van der Waals surface area contributed by atoms with E-state index in [1.54, 1.807) is 7.11 Å². The summed E-state index contributed by atoms with van der Waals surface area (Å²) in [4.78, 5) is 0. The summed E-state index contributed by atoms with van der Waals surface area (Å²) in [5, 5.41) is 0. The number of hydrogen-bond donors (Lipinski definition) is 0. The van der Waals surface area contributed by atoms with Gasteiger partial charge in [-0.25, -0.2) is 0 Å². The lowest BCUT2D eigenvalue weighted by Gasteiger charge is -2.10. The van der Waals surface area contributed by atoms with E-state index in [1.165, 1.54) is 0 Å². The second kappa shape index (κ2) is 6.00. The molecule has 0 N–H and O–H groups in total. The first-order valence-electron chi connectivity index (χ1n) is 2.97. The molecule has 1 atom stereocenters. The molecule has 0 amide bonds. The summed E-state index contributed by atoms with van der Waals surface area (Å²) in [6.07, 6.45) is 2.92. The maximum atomic E-state index is 5.06. The third-order valence-corrected chi connectivity index (χ3v) is 1.45. The van der Waals surface area contributed by atoms with Gasteiger partial charge in [0.1, 0.15) is 10.5 Å². The number of methoxy groups -OCH3 is 1. The van der Waals surface area contributed by atoms with Gasteiger partial charge in [0, 0.05) is 7.11 Å². The van der Waals surface area contributed by atoms with E-state index in [4.69, 9.17) is 9.16 Å². The van der Waals surface area contributed by atoms with E-state index in [2.05, 4.69) is 6.58 Å². The van der Waals surface area contributed by atoms with Crippen LogP contribution in [0.15, 0.2) is 12.7 Å². The van der Waals surface area contributed by atoms with Crippen LogP contribution in [0.4, 0.5) is 0 Å². The van der Waals surface area contributed by atoms with Gasteiger partial charge in [0.2, 0.25) is 0 Å². The van der Waals surface area contributed by atoms with Crippen LogP contribution in [0.5, 0.6) is 0 Å². The average molecular weight is 146 g/mol. The van der Waals surface area contributed by atoms with E-state index >= 15 is 0 Å². The molecule has 0 aliphatic rings. The highest BCUT2D eigenvalue weighted by Crippen LogP contribution is 1.96. The Labute approximate surface area is 59.4 Å². The van der Waals surface area contributed by atoms with E-state index in [9.17, 15) is 0 Å². The van der Waals surface area contributed by atoms with Gasteiger partial charge >= 0.3 is 0 Å². The summed E-state index contributed by atoms with van der Waals surface area (Å²) in [5.41, 5.74) is 0. The Hall–Kier alpha value is -0.123. The zero-order valence-electron chi connectivity index (χ0n) is 6.09. The van der Waals surface area contributed by atoms with Crippen molar-refractivity contribution >= 4 is 10.5 Å². The summed E-state index contributed by atoms with van der Waals surface area (Å²) in [7, 11) is 2.47. The Morgan fingerprint density at radius 2 is 2.44 bits per heavy atom. The van der Waals surface area contributed by atoms with Crippen LogP contribution in [0.25, 0.3) is 0 Å². The van der Waals surface area contributed by atoms with Crippen molar-refractivity contribution in [1.29, 1.82) is 0 Å². The molecule has 54 valence electrons. The highest BCUT2D eigenvalue weighted by atomic mass is 28.2. The average Bonchev–Trinajstić information content (AvgIpc) is 1.88. The van der Waals surface area contributed by atoms with Gasteiger partial charge in [0.05, 0.1) is 12.7 Å². The fourth-order valence-electron chi connectivity index (χ4n) is 0.604. The predicted octanol–water partition coefficient (Wildman–Crippen LogP) is -0.126. The van der Waals surface area contributed by atoms with Gasteiger partial charge in [-0.15, -0.1) is 6.58 Å². The van der Waals surface area contributed by atoms with Crippen LogP contribution in [-0.4, -0.2) is 30.3 Å². The number of ether oxygens (including phenoxy) is 1. The fourth-order valence-corrected chi connectivity index (χ4v) is 0.976. The first kappa shape index (κ1) is 8.88. The maximum absolute atomic E-state index is 5.06. The van der Waals surface area contributed by atoms with Crippen molar-refractivity contribution < 1.29 is 9.16 Å². The normalized spacial score (nSPS) is 13.4. The molecule has 9 heavy (non-hydrogen) atoms. The second-order valence-electron chi connectivity index (χ2n) is 1.84. The second-order valence-corrected chi connectivity index (χ2v) is 2.41. The van der Waals surface area contributed by atoms with Crippen LogP contribution in [0.2, 0.25) is 0 Å². The third kappa shape index (κ3) is 4.38. The van der Waals surface area contributed by atoms with E-state index in [0.717, 1.165) is 16.9 Å². The molecule has 0 aliphatic carbocycles. The SMILES string of the molecule is C=CCC(CO[SiH3])OC. The van der Waals surface area contributed by atoms with Crippen molar-refractivity contribution in [1.82, 2.24) is 0 Å². The van der Waals surface area contributed by atoms with Gasteiger partial charge in [-0.2, -0.15) is 0 Å². The summed E-state index contributed by atoms with van der Waals surface area (Å²) in [5.74, 6) is 0. The van der Waals surface area contributed by atoms with Crippen LogP contribution in [0.3, 0.4) is 0 Å². The Kier molecular flexibility index (Phi) is 5.92. The van der Waals surface area contributed by atoms with E-state index in [-0.39, 0.29) is 6.10 Å². The van der Waals surface area contributed by atoms with Crippen LogP contribution < -0.4 is 0 Å². The van der Waals surface area contributed by atoms with Crippen LogP contribution in [-0.2, 0) is 9.16 Å². The maximum Gasteiger partial charge on any atom is 0.146 e. The van der Waals surface area contributed by atoms with E-state index in [1.807, 2.05) is 6.08 Å². The Balaban J connectivity index is 3.28. The molecule has 0 saturated heterocycles. The first-order chi connectivity index (χ1) is 4.35. The van der Waals surface area contributed by atoms with Gasteiger partial charge in [-0.1, -0.05) is 6.08 Å². The summed E-state index contributed by atoms with van der Waals surface area (Å²) >= 11 is 0. The summed E-state index contributed by atoms with van der Waals surface area (Å²) in [6, 6.07) is 0.